The molecule has 0 bridgehead atoms. The minimum Gasteiger partial charge on any atom is -0.496 e. The monoisotopic (exact) mass is 491 g/mol. The molecule has 1 fully saturated rings. The zero-order valence-corrected chi connectivity index (χ0v) is 20.5. The van der Waals surface area contributed by atoms with E-state index in [1.54, 1.807) is 47.1 Å². The average molecular weight is 492 g/mol. The summed E-state index contributed by atoms with van der Waals surface area (Å²) < 4.78 is 14.5. The highest BCUT2D eigenvalue weighted by Crippen LogP contribution is 2.38. The Labute approximate surface area is 208 Å². The Bertz CT molecular complexity index is 1400. The lowest BCUT2D eigenvalue weighted by Gasteiger charge is -2.44. The number of nitrogens with one attached hydrogen (secondary N) is 1. The van der Waals surface area contributed by atoms with E-state index in [1.165, 1.54) is 7.11 Å². The average Bonchev–Trinajstić information content (AvgIpc) is 3.51. The number of hydrogen-bond acceptors (Lipinski definition) is 7. The van der Waals surface area contributed by atoms with Crippen molar-refractivity contribution in [2.45, 2.75) is 37.3 Å². The fourth-order valence-corrected chi connectivity index (χ4v) is 5.09. The van der Waals surface area contributed by atoms with Crippen molar-refractivity contribution in [3.05, 3.63) is 48.4 Å². The van der Waals surface area contributed by atoms with Crippen molar-refractivity contribution >= 4 is 34.7 Å². The van der Waals surface area contributed by atoms with Crippen LogP contribution in [0.4, 0.5) is 5.82 Å². The third kappa shape index (κ3) is 4.15. The fraction of sp³-hybridized carbons (Fsp3) is 0.400. The summed E-state index contributed by atoms with van der Waals surface area (Å²) in [5, 5.41) is 12.7. The second-order valence-corrected chi connectivity index (χ2v) is 9.22. The number of benzene rings is 1. The summed E-state index contributed by atoms with van der Waals surface area (Å²) >= 11 is 0. The zero-order valence-electron chi connectivity index (χ0n) is 20.5. The van der Waals surface area contributed by atoms with E-state index in [4.69, 9.17) is 14.6 Å². The van der Waals surface area contributed by atoms with Crippen LogP contribution >= 0.6 is 0 Å². The molecule has 1 saturated carbocycles. The lowest BCUT2D eigenvalue weighted by molar-refractivity contribution is -0.126. The van der Waals surface area contributed by atoms with E-state index < -0.39 is 0 Å². The van der Waals surface area contributed by atoms with Gasteiger partial charge in [-0.2, -0.15) is 14.7 Å². The molecule has 3 aromatic heterocycles. The number of ether oxygens (including phenoxy) is 2. The summed E-state index contributed by atoms with van der Waals surface area (Å²) in [5.74, 6) is 0.575. The fourth-order valence-electron chi connectivity index (χ4n) is 5.09. The molecule has 5 rings (SSSR count). The topological polar surface area (TPSA) is 116 Å². The number of carbonyl (C=O) groups is 2. The molecule has 11 nitrogen and oxygen atoms in total. The Kier molecular flexibility index (Phi) is 6.31. The predicted octanol–water partition coefficient (Wildman–Crippen LogP) is 2.93. The maximum atomic E-state index is 13.2. The molecule has 3 heterocycles. The summed E-state index contributed by atoms with van der Waals surface area (Å²) in [6.07, 6.45) is 9.41. The molecule has 2 amide bonds. The Morgan fingerprint density at radius 3 is 2.83 bits per heavy atom. The first-order valence-corrected chi connectivity index (χ1v) is 11.8. The van der Waals surface area contributed by atoms with Crippen molar-refractivity contribution in [1.29, 1.82) is 0 Å². The minimum absolute atomic E-state index is 0.190. The Morgan fingerprint density at radius 1 is 1.31 bits per heavy atom. The third-order valence-electron chi connectivity index (χ3n) is 7.19. The molecule has 0 atom stereocenters. The quantitative estimate of drug-likeness (QED) is 0.377. The number of amides is 2. The van der Waals surface area contributed by atoms with Crippen LogP contribution in [0.1, 0.15) is 42.1 Å². The number of fused-ring (bicyclic) bond motifs is 2. The largest absolute Gasteiger partial charge is 0.496 e. The summed E-state index contributed by atoms with van der Waals surface area (Å²) in [6.45, 7) is 0.508. The summed E-state index contributed by atoms with van der Waals surface area (Å²) in [5.41, 5.74) is 1.49. The molecule has 1 aromatic carbocycles. The van der Waals surface area contributed by atoms with Gasteiger partial charge in [0.2, 0.25) is 6.41 Å². The molecule has 0 radical (unpaired) electrons. The number of methoxy groups -OCH3 is 2. The summed E-state index contributed by atoms with van der Waals surface area (Å²) in [6, 6.07) is 7.36. The van der Waals surface area contributed by atoms with Gasteiger partial charge in [-0.1, -0.05) is 0 Å². The van der Waals surface area contributed by atoms with Gasteiger partial charge in [0.25, 0.3) is 5.91 Å². The first kappa shape index (κ1) is 23.7. The SMILES string of the molecule is COCC1(N(C)C=O)CCC(n2cc3cc(C(=O)Nc4cnc5cccnn45)c(OC)cc3n2)CC1. The van der Waals surface area contributed by atoms with Crippen LogP contribution in [0.2, 0.25) is 0 Å². The number of imidazole rings is 1. The molecule has 1 N–H and O–H groups in total. The van der Waals surface area contributed by atoms with Gasteiger partial charge >= 0.3 is 0 Å². The van der Waals surface area contributed by atoms with Gasteiger partial charge in [0.15, 0.2) is 11.5 Å². The van der Waals surface area contributed by atoms with Crippen molar-refractivity contribution in [2.75, 3.05) is 33.2 Å². The van der Waals surface area contributed by atoms with E-state index in [-0.39, 0.29) is 17.5 Å². The van der Waals surface area contributed by atoms with Crippen molar-refractivity contribution in [1.82, 2.24) is 29.3 Å². The van der Waals surface area contributed by atoms with Crippen molar-refractivity contribution in [3.8, 4) is 5.75 Å². The highest BCUT2D eigenvalue weighted by atomic mass is 16.5. The van der Waals surface area contributed by atoms with Crippen LogP contribution in [0.5, 0.6) is 5.75 Å². The van der Waals surface area contributed by atoms with Crippen LogP contribution in [0, 0.1) is 0 Å². The van der Waals surface area contributed by atoms with Crippen LogP contribution in [0.25, 0.3) is 16.6 Å². The molecule has 4 aromatic rings. The Balaban J connectivity index is 1.39. The van der Waals surface area contributed by atoms with Gasteiger partial charge in [-0.25, -0.2) is 4.98 Å². The molecule has 0 unspecified atom stereocenters. The van der Waals surface area contributed by atoms with E-state index >= 15 is 0 Å². The molecule has 11 heteroatoms. The number of likely N-dealkylation sites (N-methyl/N-ethyl adjacent to an activating group) is 1. The normalized spacial score (nSPS) is 19.9. The summed E-state index contributed by atoms with van der Waals surface area (Å²) in [7, 11) is 5.01. The molecule has 36 heavy (non-hydrogen) atoms. The maximum absolute atomic E-state index is 13.2. The molecular formula is C25H29N7O4. The second-order valence-electron chi connectivity index (χ2n) is 9.22. The van der Waals surface area contributed by atoms with Gasteiger partial charge in [0, 0.05) is 38.0 Å². The van der Waals surface area contributed by atoms with Crippen molar-refractivity contribution < 1.29 is 19.1 Å². The second kappa shape index (κ2) is 9.57. The number of carbonyl (C=O) groups excluding carboxylic acids is 2. The van der Waals surface area contributed by atoms with Gasteiger partial charge in [-0.3, -0.25) is 14.3 Å². The molecule has 0 saturated heterocycles. The van der Waals surface area contributed by atoms with Gasteiger partial charge in [-0.05, 0) is 43.9 Å². The Morgan fingerprint density at radius 2 is 2.11 bits per heavy atom. The van der Waals surface area contributed by atoms with Gasteiger partial charge in [0.05, 0.1) is 42.6 Å². The van der Waals surface area contributed by atoms with Crippen molar-refractivity contribution in [3.63, 3.8) is 0 Å². The third-order valence-corrected chi connectivity index (χ3v) is 7.19. The highest BCUT2D eigenvalue weighted by Gasteiger charge is 2.39. The number of rotatable bonds is 8. The van der Waals surface area contributed by atoms with E-state index in [9.17, 15) is 9.59 Å². The number of hydrogen-bond donors (Lipinski definition) is 1. The van der Waals surface area contributed by atoms with E-state index in [0.717, 1.165) is 43.0 Å². The van der Waals surface area contributed by atoms with Gasteiger partial charge in [0.1, 0.15) is 5.75 Å². The van der Waals surface area contributed by atoms with E-state index in [1.807, 2.05) is 24.0 Å². The molecule has 0 spiro atoms. The van der Waals surface area contributed by atoms with Crippen LogP contribution in [-0.2, 0) is 9.53 Å². The van der Waals surface area contributed by atoms with Crippen LogP contribution in [0.15, 0.2) is 42.9 Å². The molecule has 188 valence electrons. The van der Waals surface area contributed by atoms with Gasteiger partial charge < -0.3 is 19.7 Å². The first-order chi connectivity index (χ1) is 17.5. The molecular weight excluding hydrogens is 462 g/mol. The van der Waals surface area contributed by atoms with Crippen molar-refractivity contribution in [2.24, 2.45) is 0 Å². The summed E-state index contributed by atoms with van der Waals surface area (Å²) in [4.78, 5) is 30.6. The number of aromatic nitrogens is 5. The minimum atomic E-state index is -0.326. The van der Waals surface area contributed by atoms with Gasteiger partial charge in [-0.15, -0.1) is 0 Å². The Hall–Kier alpha value is -3.99. The molecule has 1 aliphatic carbocycles. The van der Waals surface area contributed by atoms with E-state index in [0.29, 0.717) is 29.4 Å². The molecule has 1 aliphatic rings. The first-order valence-electron chi connectivity index (χ1n) is 11.8. The van der Waals surface area contributed by atoms with Crippen LogP contribution in [0.3, 0.4) is 0 Å². The number of nitrogens with zero attached hydrogens (tertiary/aromatic N) is 6. The number of anilines is 1. The molecule has 0 aliphatic heterocycles. The van der Waals surface area contributed by atoms with Crippen LogP contribution < -0.4 is 10.1 Å². The van der Waals surface area contributed by atoms with E-state index in [2.05, 4.69) is 15.4 Å². The smallest absolute Gasteiger partial charge is 0.260 e. The predicted molar refractivity (Wildman–Crippen MR) is 133 cm³/mol. The highest BCUT2D eigenvalue weighted by molar-refractivity contribution is 6.08. The maximum Gasteiger partial charge on any atom is 0.260 e. The lowest BCUT2D eigenvalue weighted by Crippen LogP contribution is -2.51. The lowest BCUT2D eigenvalue weighted by atomic mass is 9.79. The zero-order chi connectivity index (χ0) is 25.3. The van der Waals surface area contributed by atoms with Crippen LogP contribution in [-0.4, -0.2) is 75.0 Å². The standard InChI is InChI=1S/C25H29N7O4/c1-30(16-33)25(15-35-2)8-6-18(7-9-25)31-14-17-11-19(21(36-3)12-20(17)29-31)24(34)28-23-13-26-22-5-4-10-27-32(22)23/h4-5,10-14,16,18H,6-9,15H2,1-3H3,(H,28,34).